The summed E-state index contributed by atoms with van der Waals surface area (Å²) in [7, 11) is 0. The molecule has 8 heteroatoms. The van der Waals surface area contributed by atoms with Crippen LogP contribution in [-0.2, 0) is 22.6 Å². The zero-order valence-electron chi connectivity index (χ0n) is 11.2. The highest BCUT2D eigenvalue weighted by Crippen LogP contribution is 2.14. The van der Waals surface area contributed by atoms with Gasteiger partial charge in [0.25, 0.3) is 0 Å². The van der Waals surface area contributed by atoms with Gasteiger partial charge in [-0.2, -0.15) is 13.2 Å². The van der Waals surface area contributed by atoms with Crippen LogP contribution in [0.2, 0.25) is 0 Å². The predicted molar refractivity (Wildman–Crippen MR) is 67.6 cm³/mol. The number of nitrogens with one attached hydrogen (secondary N) is 1. The smallest absolute Gasteiger partial charge is 0.372 e. The second-order valence-corrected chi connectivity index (χ2v) is 4.32. The number of amides is 1. The van der Waals surface area contributed by atoms with E-state index in [0.29, 0.717) is 5.56 Å². The molecule has 0 bridgehead atoms. The van der Waals surface area contributed by atoms with Gasteiger partial charge >= 0.3 is 6.18 Å². The minimum Gasteiger partial charge on any atom is -0.372 e. The van der Waals surface area contributed by atoms with Crippen LogP contribution < -0.4 is 11.1 Å². The summed E-state index contributed by atoms with van der Waals surface area (Å²) in [5.74, 6) is -1.01. The molecule has 0 aromatic heterocycles. The monoisotopic (exact) mass is 308 g/mol. The lowest BCUT2D eigenvalue weighted by Crippen LogP contribution is -2.25. The predicted octanol–water partition coefficient (Wildman–Crippen LogP) is 1.87. The van der Waals surface area contributed by atoms with Crippen LogP contribution in [0.5, 0.6) is 0 Å². The van der Waals surface area contributed by atoms with Crippen molar-refractivity contribution in [1.82, 2.24) is 5.32 Å². The number of carbonyl (C=O) groups excluding carboxylic acids is 1. The molecule has 1 amide bonds. The quantitative estimate of drug-likeness (QED) is 0.597. The number of hydrogen-bond acceptors (Lipinski definition) is 3. The van der Waals surface area contributed by atoms with E-state index in [4.69, 9.17) is 5.73 Å². The molecular formula is C13H16F4N2O2. The average Bonchev–Trinajstić information content (AvgIpc) is 2.41. The fraction of sp³-hybridized carbons (Fsp3) is 0.462. The molecular weight excluding hydrogens is 292 g/mol. The van der Waals surface area contributed by atoms with Gasteiger partial charge in [0.1, 0.15) is 12.4 Å². The molecule has 4 nitrogen and oxygen atoms in total. The molecule has 0 fully saturated rings. The Kier molecular flexibility index (Phi) is 6.57. The molecule has 21 heavy (non-hydrogen) atoms. The third-order valence-electron chi connectivity index (χ3n) is 2.57. The van der Waals surface area contributed by atoms with Crippen LogP contribution in [-0.4, -0.2) is 25.3 Å². The van der Waals surface area contributed by atoms with E-state index >= 15 is 0 Å². The molecule has 0 atom stereocenters. The Labute approximate surface area is 119 Å². The number of nitrogens with two attached hydrogens (primary N) is 1. The molecule has 1 rings (SSSR count). The van der Waals surface area contributed by atoms with Crippen molar-refractivity contribution in [3.63, 3.8) is 0 Å². The zero-order chi connectivity index (χ0) is 15.9. The van der Waals surface area contributed by atoms with Gasteiger partial charge < -0.3 is 15.8 Å². The van der Waals surface area contributed by atoms with Gasteiger partial charge in [-0.25, -0.2) is 4.39 Å². The Balaban J connectivity index is 2.30. The van der Waals surface area contributed by atoms with Crippen molar-refractivity contribution in [3.8, 4) is 0 Å². The number of ether oxygens (including phenoxy) is 1. The molecule has 0 aliphatic heterocycles. The van der Waals surface area contributed by atoms with Gasteiger partial charge in [0.2, 0.25) is 5.91 Å². The van der Waals surface area contributed by atoms with E-state index < -0.39 is 24.5 Å². The molecule has 0 saturated heterocycles. The summed E-state index contributed by atoms with van der Waals surface area (Å²) in [6.45, 7) is -1.58. The summed E-state index contributed by atoms with van der Waals surface area (Å²) in [6.07, 6.45) is -4.64. The van der Waals surface area contributed by atoms with E-state index in [9.17, 15) is 22.4 Å². The van der Waals surface area contributed by atoms with Gasteiger partial charge in [-0.3, -0.25) is 4.79 Å². The van der Waals surface area contributed by atoms with Gasteiger partial charge in [-0.05, 0) is 11.6 Å². The first-order valence-electron chi connectivity index (χ1n) is 6.20. The maximum atomic E-state index is 13.6. The average molecular weight is 308 g/mol. The van der Waals surface area contributed by atoms with E-state index in [0.717, 1.165) is 0 Å². The molecule has 0 aliphatic rings. The topological polar surface area (TPSA) is 64.3 Å². The first-order valence-corrected chi connectivity index (χ1v) is 6.20. The summed E-state index contributed by atoms with van der Waals surface area (Å²) in [4.78, 5) is 11.4. The largest absolute Gasteiger partial charge is 0.411 e. The van der Waals surface area contributed by atoms with Crippen molar-refractivity contribution < 1.29 is 27.1 Å². The fourth-order valence-corrected chi connectivity index (χ4v) is 1.50. The summed E-state index contributed by atoms with van der Waals surface area (Å²) in [5.41, 5.74) is 6.26. The summed E-state index contributed by atoms with van der Waals surface area (Å²) >= 11 is 0. The molecule has 1 aromatic carbocycles. The summed E-state index contributed by atoms with van der Waals surface area (Å²) in [5, 5.41) is 2.40. The van der Waals surface area contributed by atoms with E-state index in [1.807, 2.05) is 0 Å². The first-order chi connectivity index (χ1) is 9.81. The number of halogens is 4. The van der Waals surface area contributed by atoms with Crippen molar-refractivity contribution in [2.45, 2.75) is 25.7 Å². The number of alkyl halides is 3. The van der Waals surface area contributed by atoms with Crippen molar-refractivity contribution in [3.05, 3.63) is 35.1 Å². The van der Waals surface area contributed by atoms with Crippen molar-refractivity contribution in [2.75, 3.05) is 13.2 Å². The normalized spacial score (nSPS) is 11.5. The zero-order valence-corrected chi connectivity index (χ0v) is 11.2. The lowest BCUT2D eigenvalue weighted by atomic mass is 10.1. The molecule has 0 aliphatic carbocycles. The summed E-state index contributed by atoms with van der Waals surface area (Å²) < 4.78 is 53.2. The first kappa shape index (κ1) is 17.4. The van der Waals surface area contributed by atoms with Gasteiger partial charge in [0, 0.05) is 25.1 Å². The van der Waals surface area contributed by atoms with Crippen LogP contribution in [0.1, 0.15) is 17.5 Å². The Hall–Kier alpha value is -1.67. The molecule has 1 aromatic rings. The van der Waals surface area contributed by atoms with E-state index in [1.54, 1.807) is 6.07 Å². The van der Waals surface area contributed by atoms with Gasteiger partial charge in [-0.1, -0.05) is 12.1 Å². The summed E-state index contributed by atoms with van der Waals surface area (Å²) in [6, 6.07) is 4.41. The second kappa shape index (κ2) is 7.94. The second-order valence-electron chi connectivity index (χ2n) is 4.32. The fourth-order valence-electron chi connectivity index (χ4n) is 1.50. The highest BCUT2D eigenvalue weighted by molar-refractivity contribution is 5.75. The Bertz CT molecular complexity index is 478. The van der Waals surface area contributed by atoms with Gasteiger partial charge in [0.15, 0.2) is 0 Å². The molecule has 0 spiro atoms. The minimum absolute atomic E-state index is 0.0468. The van der Waals surface area contributed by atoms with Crippen LogP contribution in [0.15, 0.2) is 18.2 Å². The van der Waals surface area contributed by atoms with E-state index in [2.05, 4.69) is 10.1 Å². The maximum Gasteiger partial charge on any atom is 0.411 e. The van der Waals surface area contributed by atoms with E-state index in [-0.39, 0.29) is 31.7 Å². The third kappa shape index (κ3) is 7.05. The number of carbonyl (C=O) groups is 1. The lowest BCUT2D eigenvalue weighted by molar-refractivity contribution is -0.174. The standard InChI is InChI=1S/C13H16F4N2O2/c14-11-5-9(6-18)1-2-10(11)7-19-12(20)3-4-21-8-13(15,16)17/h1-2,5H,3-4,6-8,18H2,(H,19,20). The Morgan fingerprint density at radius 1 is 1.33 bits per heavy atom. The number of rotatable bonds is 7. The van der Waals surface area contributed by atoms with Crippen molar-refractivity contribution >= 4 is 5.91 Å². The molecule has 0 radical (unpaired) electrons. The Morgan fingerprint density at radius 3 is 2.62 bits per heavy atom. The highest BCUT2D eigenvalue weighted by Gasteiger charge is 2.27. The van der Waals surface area contributed by atoms with E-state index in [1.165, 1.54) is 12.1 Å². The SMILES string of the molecule is NCc1ccc(CNC(=O)CCOCC(F)(F)F)c(F)c1. The number of benzene rings is 1. The van der Waals surface area contributed by atoms with Crippen molar-refractivity contribution in [2.24, 2.45) is 5.73 Å². The molecule has 0 saturated carbocycles. The molecule has 0 unspecified atom stereocenters. The van der Waals surface area contributed by atoms with Gasteiger partial charge in [0.05, 0.1) is 6.61 Å². The Morgan fingerprint density at radius 2 is 2.05 bits per heavy atom. The van der Waals surface area contributed by atoms with Crippen LogP contribution in [0.3, 0.4) is 0 Å². The molecule has 3 N–H and O–H groups in total. The van der Waals surface area contributed by atoms with Crippen LogP contribution in [0.4, 0.5) is 17.6 Å². The lowest BCUT2D eigenvalue weighted by Gasteiger charge is -2.09. The van der Waals surface area contributed by atoms with Crippen LogP contribution in [0.25, 0.3) is 0 Å². The molecule has 118 valence electrons. The maximum absolute atomic E-state index is 13.6. The third-order valence-corrected chi connectivity index (χ3v) is 2.57. The molecule has 0 heterocycles. The van der Waals surface area contributed by atoms with Gasteiger partial charge in [-0.15, -0.1) is 0 Å². The van der Waals surface area contributed by atoms with Crippen molar-refractivity contribution in [1.29, 1.82) is 0 Å². The van der Waals surface area contributed by atoms with Crippen LogP contribution in [0, 0.1) is 5.82 Å². The van der Waals surface area contributed by atoms with Crippen LogP contribution >= 0.6 is 0 Å². The highest BCUT2D eigenvalue weighted by atomic mass is 19.4. The minimum atomic E-state index is -4.41. The number of hydrogen-bond donors (Lipinski definition) is 2.